The molecule has 0 aromatic heterocycles. The predicted molar refractivity (Wildman–Crippen MR) is 42.5 cm³/mol. The monoisotopic (exact) mass is 157 g/mol. The van der Waals surface area contributed by atoms with Crippen LogP contribution >= 0.6 is 0 Å². The minimum Gasteiger partial charge on any atom is -0.384 e. The van der Waals surface area contributed by atoms with Crippen LogP contribution in [0.5, 0.6) is 0 Å². The highest BCUT2D eigenvalue weighted by molar-refractivity contribution is 5.84. The Morgan fingerprint density at radius 2 is 2.55 bits per heavy atom. The maximum absolute atomic E-state index is 11.3. The molecule has 3 nitrogen and oxygen atoms in total. The van der Waals surface area contributed by atoms with Crippen LogP contribution < -0.4 is 5.32 Å². The maximum atomic E-state index is 11.3. The number of hydrogen-bond acceptors (Lipinski definition) is 3. The number of ether oxygens (including phenoxy) is 1. The van der Waals surface area contributed by atoms with Gasteiger partial charge in [0.25, 0.3) is 0 Å². The van der Waals surface area contributed by atoms with Gasteiger partial charge in [-0.15, -0.1) is 0 Å². The first-order chi connectivity index (χ1) is 5.34. The lowest BCUT2D eigenvalue weighted by Crippen LogP contribution is -2.31. The third kappa shape index (κ3) is 2.60. The number of nitrogens with one attached hydrogen (secondary N) is 1. The number of Topliss-reactive ketones (excluding diaryl/α,β-unsaturated/α-hetero) is 1. The molecule has 1 heterocycles. The molecule has 0 spiro atoms. The van der Waals surface area contributed by atoms with Crippen molar-refractivity contribution in [3.63, 3.8) is 0 Å². The molecular weight excluding hydrogens is 142 g/mol. The average Bonchev–Trinajstić information content (AvgIpc) is 2.52. The van der Waals surface area contributed by atoms with Gasteiger partial charge in [-0.2, -0.15) is 0 Å². The zero-order valence-electron chi connectivity index (χ0n) is 6.93. The summed E-state index contributed by atoms with van der Waals surface area (Å²) in [5.74, 6) is 0.296. The fourth-order valence-electron chi connectivity index (χ4n) is 1.34. The molecule has 0 saturated carbocycles. The van der Waals surface area contributed by atoms with E-state index in [2.05, 4.69) is 5.32 Å². The topological polar surface area (TPSA) is 38.3 Å². The standard InChI is InChI=1S/C8H15NO2/c1-11-6-4-8(10)7-3-2-5-9-7/h7,9H,2-6H2,1H3. The van der Waals surface area contributed by atoms with Crippen molar-refractivity contribution >= 4 is 5.78 Å². The van der Waals surface area contributed by atoms with Gasteiger partial charge >= 0.3 is 0 Å². The van der Waals surface area contributed by atoms with Crippen molar-refractivity contribution in [3.05, 3.63) is 0 Å². The van der Waals surface area contributed by atoms with Gasteiger partial charge in [0.2, 0.25) is 0 Å². The van der Waals surface area contributed by atoms with Crippen LogP contribution in [0, 0.1) is 0 Å². The van der Waals surface area contributed by atoms with Gasteiger partial charge in [-0.25, -0.2) is 0 Å². The van der Waals surface area contributed by atoms with Crippen molar-refractivity contribution in [2.24, 2.45) is 0 Å². The van der Waals surface area contributed by atoms with Gasteiger partial charge in [-0.05, 0) is 19.4 Å². The van der Waals surface area contributed by atoms with Gasteiger partial charge in [0.05, 0.1) is 12.6 Å². The molecular formula is C8H15NO2. The second kappa shape index (κ2) is 4.46. The molecule has 1 aliphatic heterocycles. The molecule has 0 aromatic rings. The molecule has 1 unspecified atom stereocenters. The lowest BCUT2D eigenvalue weighted by molar-refractivity contribution is -0.121. The molecule has 0 radical (unpaired) electrons. The summed E-state index contributed by atoms with van der Waals surface area (Å²) in [6, 6.07) is 0.116. The largest absolute Gasteiger partial charge is 0.384 e. The summed E-state index contributed by atoms with van der Waals surface area (Å²) in [5.41, 5.74) is 0. The molecule has 0 bridgehead atoms. The molecule has 3 heteroatoms. The van der Waals surface area contributed by atoms with Gasteiger partial charge in [0.1, 0.15) is 0 Å². The van der Waals surface area contributed by atoms with Crippen molar-refractivity contribution in [2.75, 3.05) is 20.3 Å². The number of carbonyl (C=O) groups is 1. The van der Waals surface area contributed by atoms with Gasteiger partial charge in [-0.1, -0.05) is 0 Å². The van der Waals surface area contributed by atoms with Gasteiger partial charge in [0, 0.05) is 13.5 Å². The Labute approximate surface area is 67.1 Å². The van der Waals surface area contributed by atoms with E-state index in [0.29, 0.717) is 18.8 Å². The number of rotatable bonds is 4. The SMILES string of the molecule is COCCC(=O)C1CCCN1. The molecule has 1 atom stereocenters. The minimum absolute atomic E-state index is 0.116. The Hall–Kier alpha value is -0.410. The Kier molecular flexibility index (Phi) is 3.52. The molecule has 11 heavy (non-hydrogen) atoms. The van der Waals surface area contributed by atoms with E-state index in [9.17, 15) is 4.79 Å². The highest BCUT2D eigenvalue weighted by atomic mass is 16.5. The second-order valence-electron chi connectivity index (χ2n) is 2.86. The predicted octanol–water partition coefficient (Wildman–Crippen LogP) is 0.344. The summed E-state index contributed by atoms with van der Waals surface area (Å²) in [7, 11) is 1.62. The molecule has 1 aliphatic rings. The smallest absolute Gasteiger partial charge is 0.152 e. The molecule has 1 N–H and O–H groups in total. The Morgan fingerprint density at radius 1 is 1.73 bits per heavy atom. The molecule has 0 aromatic carbocycles. The zero-order chi connectivity index (χ0) is 8.10. The van der Waals surface area contributed by atoms with E-state index in [1.54, 1.807) is 7.11 Å². The van der Waals surface area contributed by atoms with E-state index in [0.717, 1.165) is 19.4 Å². The Morgan fingerprint density at radius 3 is 3.09 bits per heavy atom. The first-order valence-corrected chi connectivity index (χ1v) is 4.09. The van der Waals surface area contributed by atoms with Crippen LogP contribution in [0.4, 0.5) is 0 Å². The molecule has 1 fully saturated rings. The highest BCUT2D eigenvalue weighted by Gasteiger charge is 2.20. The van der Waals surface area contributed by atoms with Crippen LogP contribution in [-0.4, -0.2) is 32.1 Å². The normalized spacial score (nSPS) is 23.9. The zero-order valence-corrected chi connectivity index (χ0v) is 6.93. The third-order valence-corrected chi connectivity index (χ3v) is 2.00. The summed E-state index contributed by atoms with van der Waals surface area (Å²) in [6.45, 7) is 1.54. The van der Waals surface area contributed by atoms with Crippen LogP contribution in [0.3, 0.4) is 0 Å². The van der Waals surface area contributed by atoms with Crippen LogP contribution in [0.2, 0.25) is 0 Å². The number of hydrogen-bond donors (Lipinski definition) is 1. The van der Waals surface area contributed by atoms with E-state index >= 15 is 0 Å². The van der Waals surface area contributed by atoms with Crippen LogP contribution in [0.1, 0.15) is 19.3 Å². The fraction of sp³-hybridized carbons (Fsp3) is 0.875. The van der Waals surface area contributed by atoms with Crippen molar-refractivity contribution in [1.82, 2.24) is 5.32 Å². The Bertz CT molecular complexity index is 130. The third-order valence-electron chi connectivity index (χ3n) is 2.00. The quantitative estimate of drug-likeness (QED) is 0.639. The average molecular weight is 157 g/mol. The summed E-state index contributed by atoms with van der Waals surface area (Å²) in [4.78, 5) is 11.3. The number of carbonyl (C=O) groups excluding carboxylic acids is 1. The highest BCUT2D eigenvalue weighted by Crippen LogP contribution is 2.07. The summed E-state index contributed by atoms with van der Waals surface area (Å²) in [6.07, 6.45) is 2.68. The van der Waals surface area contributed by atoms with Crippen LogP contribution in [-0.2, 0) is 9.53 Å². The van der Waals surface area contributed by atoms with Crippen LogP contribution in [0.15, 0.2) is 0 Å². The maximum Gasteiger partial charge on any atom is 0.152 e. The molecule has 0 amide bonds. The molecule has 1 saturated heterocycles. The number of methoxy groups -OCH3 is 1. The molecule has 0 aliphatic carbocycles. The molecule has 1 rings (SSSR count). The van der Waals surface area contributed by atoms with Crippen molar-refractivity contribution in [1.29, 1.82) is 0 Å². The summed E-state index contributed by atoms with van der Waals surface area (Å²) >= 11 is 0. The van der Waals surface area contributed by atoms with Crippen molar-refractivity contribution in [2.45, 2.75) is 25.3 Å². The fourth-order valence-corrected chi connectivity index (χ4v) is 1.34. The van der Waals surface area contributed by atoms with E-state index in [1.165, 1.54) is 0 Å². The first kappa shape index (κ1) is 8.68. The summed E-state index contributed by atoms with van der Waals surface area (Å²) in [5, 5.41) is 3.16. The molecule has 64 valence electrons. The van der Waals surface area contributed by atoms with E-state index in [1.807, 2.05) is 0 Å². The number of ketones is 1. The minimum atomic E-state index is 0.116. The van der Waals surface area contributed by atoms with Gasteiger partial charge < -0.3 is 10.1 Å². The van der Waals surface area contributed by atoms with Gasteiger partial charge in [-0.3, -0.25) is 4.79 Å². The lowest BCUT2D eigenvalue weighted by Gasteiger charge is -2.07. The Balaban J connectivity index is 2.17. The van der Waals surface area contributed by atoms with Crippen molar-refractivity contribution < 1.29 is 9.53 Å². The van der Waals surface area contributed by atoms with E-state index in [4.69, 9.17) is 4.74 Å². The van der Waals surface area contributed by atoms with Crippen molar-refractivity contribution in [3.8, 4) is 0 Å². The summed E-state index contributed by atoms with van der Waals surface area (Å²) < 4.78 is 4.82. The van der Waals surface area contributed by atoms with E-state index in [-0.39, 0.29) is 6.04 Å². The lowest BCUT2D eigenvalue weighted by atomic mass is 10.1. The second-order valence-corrected chi connectivity index (χ2v) is 2.86. The van der Waals surface area contributed by atoms with Crippen LogP contribution in [0.25, 0.3) is 0 Å². The van der Waals surface area contributed by atoms with Gasteiger partial charge in [0.15, 0.2) is 5.78 Å². The van der Waals surface area contributed by atoms with E-state index < -0.39 is 0 Å². The first-order valence-electron chi connectivity index (χ1n) is 4.09.